The molecule has 0 atom stereocenters. The highest BCUT2D eigenvalue weighted by Gasteiger charge is 2.17. The van der Waals surface area contributed by atoms with Gasteiger partial charge >= 0.3 is 5.97 Å². The van der Waals surface area contributed by atoms with Crippen molar-refractivity contribution in [2.24, 2.45) is 0 Å². The van der Waals surface area contributed by atoms with E-state index in [0.29, 0.717) is 12.2 Å². The number of aromatic nitrogens is 1. The summed E-state index contributed by atoms with van der Waals surface area (Å²) in [5, 5.41) is 8.81. The van der Waals surface area contributed by atoms with E-state index >= 15 is 0 Å². The molecule has 0 aliphatic heterocycles. The molecular formula is C15H15FN2O3. The Morgan fingerprint density at radius 1 is 1.24 bits per heavy atom. The van der Waals surface area contributed by atoms with E-state index in [1.54, 1.807) is 37.5 Å². The molecule has 0 saturated heterocycles. The Balaban J connectivity index is 2.10. The third-order valence-electron chi connectivity index (χ3n) is 3.03. The number of benzene rings is 1. The Hall–Kier alpha value is -2.63. The second-order valence-electron chi connectivity index (χ2n) is 4.70. The van der Waals surface area contributed by atoms with Crippen LogP contribution in [-0.2, 0) is 17.9 Å². The van der Waals surface area contributed by atoms with Crippen LogP contribution in [0.2, 0.25) is 0 Å². The molecule has 6 heteroatoms. The summed E-state index contributed by atoms with van der Waals surface area (Å²) in [4.78, 5) is 24.5. The van der Waals surface area contributed by atoms with E-state index in [2.05, 4.69) is 0 Å². The van der Waals surface area contributed by atoms with Gasteiger partial charge in [-0.2, -0.15) is 0 Å². The number of rotatable bonds is 5. The van der Waals surface area contributed by atoms with Crippen molar-refractivity contribution < 1.29 is 19.1 Å². The standard InChI is InChI=1S/C15H15FN2O3/c1-17(9-11-4-6-12(16)7-5-11)15(21)13-3-2-8-18(13)10-14(19)20/h2-8H,9-10H2,1H3,(H,19,20). The van der Waals surface area contributed by atoms with E-state index in [9.17, 15) is 14.0 Å². The lowest BCUT2D eigenvalue weighted by molar-refractivity contribution is -0.137. The van der Waals surface area contributed by atoms with Gasteiger partial charge in [0.1, 0.15) is 18.1 Å². The second kappa shape index (κ2) is 6.21. The first kappa shape index (κ1) is 14.8. The van der Waals surface area contributed by atoms with Crippen LogP contribution in [0.5, 0.6) is 0 Å². The fraction of sp³-hybridized carbons (Fsp3) is 0.200. The predicted octanol–water partition coefficient (Wildman–Crippen LogP) is 1.98. The van der Waals surface area contributed by atoms with Crippen LogP contribution in [0.15, 0.2) is 42.6 Å². The molecule has 1 N–H and O–H groups in total. The molecule has 2 aromatic rings. The van der Waals surface area contributed by atoms with Gasteiger partial charge in [-0.1, -0.05) is 12.1 Å². The summed E-state index contributed by atoms with van der Waals surface area (Å²) in [6.07, 6.45) is 1.55. The first-order valence-corrected chi connectivity index (χ1v) is 6.34. The van der Waals surface area contributed by atoms with Crippen molar-refractivity contribution in [3.05, 3.63) is 59.7 Å². The van der Waals surface area contributed by atoms with E-state index in [1.165, 1.54) is 21.6 Å². The molecule has 1 aromatic heterocycles. The molecule has 21 heavy (non-hydrogen) atoms. The monoisotopic (exact) mass is 290 g/mol. The molecule has 0 spiro atoms. The molecule has 2 rings (SSSR count). The second-order valence-corrected chi connectivity index (χ2v) is 4.70. The zero-order valence-corrected chi connectivity index (χ0v) is 11.5. The van der Waals surface area contributed by atoms with Crippen LogP contribution in [-0.4, -0.2) is 33.5 Å². The molecule has 0 bridgehead atoms. The molecule has 0 radical (unpaired) electrons. The van der Waals surface area contributed by atoms with Gasteiger partial charge in [-0.25, -0.2) is 4.39 Å². The minimum Gasteiger partial charge on any atom is -0.480 e. The highest BCUT2D eigenvalue weighted by atomic mass is 19.1. The Kier molecular flexibility index (Phi) is 4.37. The van der Waals surface area contributed by atoms with Gasteiger partial charge < -0.3 is 14.6 Å². The first-order valence-electron chi connectivity index (χ1n) is 6.34. The molecule has 5 nitrogen and oxygen atoms in total. The minimum absolute atomic E-state index is 0.265. The van der Waals surface area contributed by atoms with Gasteiger partial charge in [0.2, 0.25) is 0 Å². The number of aliphatic carboxylic acids is 1. The maximum atomic E-state index is 12.8. The van der Waals surface area contributed by atoms with Gasteiger partial charge in [-0.15, -0.1) is 0 Å². The number of nitrogens with zero attached hydrogens (tertiary/aromatic N) is 2. The zero-order valence-electron chi connectivity index (χ0n) is 11.5. The normalized spacial score (nSPS) is 10.4. The fourth-order valence-corrected chi connectivity index (χ4v) is 2.02. The third-order valence-corrected chi connectivity index (χ3v) is 3.03. The number of hydrogen-bond donors (Lipinski definition) is 1. The van der Waals surface area contributed by atoms with Crippen molar-refractivity contribution in [2.45, 2.75) is 13.1 Å². The minimum atomic E-state index is -1.01. The summed E-state index contributed by atoms with van der Waals surface area (Å²) in [7, 11) is 1.61. The van der Waals surface area contributed by atoms with E-state index in [1.807, 2.05) is 0 Å². The molecule has 0 fully saturated rings. The Labute approximate surface area is 121 Å². The summed E-state index contributed by atoms with van der Waals surface area (Å²) >= 11 is 0. The molecule has 0 saturated carbocycles. The molecule has 0 unspecified atom stereocenters. The lowest BCUT2D eigenvalue weighted by Gasteiger charge is -2.18. The third kappa shape index (κ3) is 3.68. The van der Waals surface area contributed by atoms with Gasteiger partial charge in [-0.3, -0.25) is 9.59 Å². The average Bonchev–Trinajstić information content (AvgIpc) is 2.87. The van der Waals surface area contributed by atoms with Crippen molar-refractivity contribution in [3.8, 4) is 0 Å². The lowest BCUT2D eigenvalue weighted by Crippen LogP contribution is -2.29. The van der Waals surface area contributed by atoms with Gasteiger partial charge in [0.15, 0.2) is 0 Å². The van der Waals surface area contributed by atoms with Crippen molar-refractivity contribution >= 4 is 11.9 Å². The Morgan fingerprint density at radius 3 is 2.52 bits per heavy atom. The van der Waals surface area contributed by atoms with Crippen molar-refractivity contribution in [1.82, 2.24) is 9.47 Å². The number of amides is 1. The molecule has 1 amide bonds. The van der Waals surface area contributed by atoms with Crippen molar-refractivity contribution in [3.63, 3.8) is 0 Å². The number of carboxylic acids is 1. The molecule has 0 aliphatic rings. The molecule has 0 aliphatic carbocycles. The van der Waals surface area contributed by atoms with Crippen LogP contribution in [0.4, 0.5) is 4.39 Å². The molecule has 110 valence electrons. The SMILES string of the molecule is CN(Cc1ccc(F)cc1)C(=O)c1cccn1CC(=O)O. The topological polar surface area (TPSA) is 62.5 Å². The summed E-state index contributed by atoms with van der Waals surface area (Å²) in [5.41, 5.74) is 1.10. The van der Waals surface area contributed by atoms with E-state index in [-0.39, 0.29) is 18.3 Å². The van der Waals surface area contributed by atoms with Gasteiger partial charge in [-0.05, 0) is 29.8 Å². The van der Waals surface area contributed by atoms with Gasteiger partial charge in [0.05, 0.1) is 0 Å². The molecule has 1 heterocycles. The maximum absolute atomic E-state index is 12.8. The van der Waals surface area contributed by atoms with Crippen LogP contribution in [0.25, 0.3) is 0 Å². The highest BCUT2D eigenvalue weighted by Crippen LogP contribution is 2.10. The van der Waals surface area contributed by atoms with Crippen LogP contribution in [0.1, 0.15) is 16.1 Å². The number of carbonyl (C=O) groups is 2. The van der Waals surface area contributed by atoms with Crippen LogP contribution in [0, 0.1) is 5.82 Å². The highest BCUT2D eigenvalue weighted by molar-refractivity contribution is 5.93. The number of hydrogen-bond acceptors (Lipinski definition) is 2. The number of carboxylic acid groups (broad SMARTS) is 1. The summed E-state index contributed by atoms with van der Waals surface area (Å²) in [6, 6.07) is 9.08. The largest absolute Gasteiger partial charge is 0.480 e. The smallest absolute Gasteiger partial charge is 0.323 e. The zero-order chi connectivity index (χ0) is 15.4. The first-order chi connectivity index (χ1) is 9.97. The molecule has 1 aromatic carbocycles. The fourth-order valence-electron chi connectivity index (χ4n) is 2.02. The van der Waals surface area contributed by atoms with Crippen LogP contribution in [0.3, 0.4) is 0 Å². The predicted molar refractivity (Wildman–Crippen MR) is 74.3 cm³/mol. The Bertz CT molecular complexity index is 649. The van der Waals surface area contributed by atoms with Crippen LogP contribution < -0.4 is 0 Å². The van der Waals surface area contributed by atoms with E-state index in [4.69, 9.17) is 5.11 Å². The Morgan fingerprint density at radius 2 is 1.90 bits per heavy atom. The maximum Gasteiger partial charge on any atom is 0.323 e. The van der Waals surface area contributed by atoms with Crippen molar-refractivity contribution in [1.29, 1.82) is 0 Å². The summed E-state index contributed by atoms with van der Waals surface area (Å²) in [6.45, 7) is 0.0514. The van der Waals surface area contributed by atoms with E-state index in [0.717, 1.165) is 5.56 Å². The van der Waals surface area contributed by atoms with Gasteiger partial charge in [0.25, 0.3) is 5.91 Å². The van der Waals surface area contributed by atoms with Crippen LogP contribution >= 0.6 is 0 Å². The lowest BCUT2D eigenvalue weighted by atomic mass is 10.2. The van der Waals surface area contributed by atoms with Gasteiger partial charge in [0, 0.05) is 19.8 Å². The molecular weight excluding hydrogens is 275 g/mol. The van der Waals surface area contributed by atoms with Crippen molar-refractivity contribution in [2.75, 3.05) is 7.05 Å². The summed E-state index contributed by atoms with van der Waals surface area (Å²) in [5.74, 6) is -1.63. The number of carbonyl (C=O) groups excluding carboxylic acids is 1. The quantitative estimate of drug-likeness (QED) is 0.916. The summed E-state index contributed by atoms with van der Waals surface area (Å²) < 4.78 is 14.2. The van der Waals surface area contributed by atoms with E-state index < -0.39 is 5.97 Å². The number of halogens is 1. The average molecular weight is 290 g/mol.